The van der Waals surface area contributed by atoms with Crippen molar-refractivity contribution in [2.24, 2.45) is 0 Å². The minimum Gasteiger partial charge on any atom is -0.461 e. The van der Waals surface area contributed by atoms with Crippen LogP contribution in [0.3, 0.4) is 0 Å². The van der Waals surface area contributed by atoms with Crippen LogP contribution in [0.25, 0.3) is 11.6 Å². The van der Waals surface area contributed by atoms with Crippen molar-refractivity contribution in [1.82, 2.24) is 24.5 Å². The van der Waals surface area contributed by atoms with Crippen LogP contribution in [0, 0.1) is 0 Å². The molecule has 0 amide bonds. The van der Waals surface area contributed by atoms with Crippen molar-refractivity contribution in [2.45, 2.75) is 39.3 Å². The molecule has 0 saturated carbocycles. The van der Waals surface area contributed by atoms with E-state index < -0.39 is 0 Å². The molecule has 0 N–H and O–H groups in total. The van der Waals surface area contributed by atoms with E-state index in [-0.39, 0.29) is 0 Å². The first-order chi connectivity index (χ1) is 10.4. The molecule has 0 spiro atoms. The fourth-order valence-corrected chi connectivity index (χ4v) is 2.29. The van der Waals surface area contributed by atoms with Gasteiger partial charge in [-0.3, -0.25) is 4.68 Å². The molecule has 0 saturated heterocycles. The van der Waals surface area contributed by atoms with Crippen LogP contribution < -0.4 is 0 Å². The van der Waals surface area contributed by atoms with Gasteiger partial charge in [0.1, 0.15) is 5.82 Å². The van der Waals surface area contributed by atoms with E-state index in [9.17, 15) is 0 Å². The topological polar surface area (TPSA) is 61.7 Å². The van der Waals surface area contributed by atoms with E-state index >= 15 is 0 Å². The van der Waals surface area contributed by atoms with Gasteiger partial charge >= 0.3 is 0 Å². The number of hydrogen-bond acceptors (Lipinski definition) is 4. The summed E-state index contributed by atoms with van der Waals surface area (Å²) in [7, 11) is 0. The summed E-state index contributed by atoms with van der Waals surface area (Å²) < 4.78 is 9.30. The zero-order valence-electron chi connectivity index (χ0n) is 12.1. The van der Waals surface area contributed by atoms with Crippen molar-refractivity contribution in [3.8, 4) is 11.6 Å². The number of aryl methyl sites for hydroxylation is 3. The minimum absolute atomic E-state index is 0.669. The van der Waals surface area contributed by atoms with E-state index in [2.05, 4.69) is 22.1 Å². The standard InChI is InChI=1S/C15H19N5O/c1-2-9-20-14(7-3-10-19-11-5-8-16-19)17-15(18-20)13-6-4-12-21-13/h4-6,8,11-12H,2-3,7,9-10H2,1H3. The third-order valence-corrected chi connectivity index (χ3v) is 3.27. The molecule has 0 radical (unpaired) electrons. The highest BCUT2D eigenvalue weighted by Gasteiger charge is 2.12. The quantitative estimate of drug-likeness (QED) is 0.669. The van der Waals surface area contributed by atoms with Crippen LogP contribution in [0.4, 0.5) is 0 Å². The van der Waals surface area contributed by atoms with Crippen molar-refractivity contribution in [3.63, 3.8) is 0 Å². The molecule has 21 heavy (non-hydrogen) atoms. The summed E-state index contributed by atoms with van der Waals surface area (Å²) in [5, 5.41) is 8.76. The molecule has 0 bridgehead atoms. The first-order valence-corrected chi connectivity index (χ1v) is 7.32. The molecule has 0 aliphatic carbocycles. The zero-order valence-corrected chi connectivity index (χ0v) is 12.1. The van der Waals surface area contributed by atoms with Gasteiger partial charge in [0, 0.05) is 31.9 Å². The smallest absolute Gasteiger partial charge is 0.217 e. The van der Waals surface area contributed by atoms with Crippen molar-refractivity contribution in [2.75, 3.05) is 0 Å². The van der Waals surface area contributed by atoms with Gasteiger partial charge in [0.05, 0.1) is 6.26 Å². The van der Waals surface area contributed by atoms with Crippen LogP contribution in [0.1, 0.15) is 25.6 Å². The van der Waals surface area contributed by atoms with Gasteiger partial charge in [-0.2, -0.15) is 5.10 Å². The summed E-state index contributed by atoms with van der Waals surface area (Å²) in [5.74, 6) is 2.40. The molecule has 6 heteroatoms. The van der Waals surface area contributed by atoms with Gasteiger partial charge in [0.25, 0.3) is 0 Å². The summed E-state index contributed by atoms with van der Waals surface area (Å²) in [5.41, 5.74) is 0. The van der Waals surface area contributed by atoms with Gasteiger partial charge in [-0.1, -0.05) is 6.92 Å². The zero-order chi connectivity index (χ0) is 14.5. The Kier molecular flexibility index (Phi) is 4.14. The second-order valence-corrected chi connectivity index (χ2v) is 4.92. The van der Waals surface area contributed by atoms with Crippen LogP contribution >= 0.6 is 0 Å². The van der Waals surface area contributed by atoms with E-state index in [1.54, 1.807) is 12.5 Å². The molecule has 0 aliphatic rings. The lowest BCUT2D eigenvalue weighted by Gasteiger charge is -2.04. The third kappa shape index (κ3) is 3.21. The highest BCUT2D eigenvalue weighted by atomic mass is 16.3. The van der Waals surface area contributed by atoms with Crippen molar-refractivity contribution < 1.29 is 4.42 Å². The lowest BCUT2D eigenvalue weighted by Crippen LogP contribution is -2.07. The van der Waals surface area contributed by atoms with Crippen LogP contribution in [0.15, 0.2) is 41.3 Å². The first-order valence-electron chi connectivity index (χ1n) is 7.32. The Hall–Kier alpha value is -2.37. The second kappa shape index (κ2) is 6.39. The maximum Gasteiger partial charge on any atom is 0.217 e. The van der Waals surface area contributed by atoms with Gasteiger partial charge < -0.3 is 4.42 Å². The van der Waals surface area contributed by atoms with Gasteiger partial charge in [-0.25, -0.2) is 9.67 Å². The summed E-state index contributed by atoms with van der Waals surface area (Å²) in [6.45, 7) is 3.91. The van der Waals surface area contributed by atoms with E-state index in [1.807, 2.05) is 33.8 Å². The van der Waals surface area contributed by atoms with Gasteiger partial charge in [-0.05, 0) is 31.0 Å². The average Bonchev–Trinajstić information content (AvgIpc) is 3.20. The molecule has 0 fully saturated rings. The number of furan rings is 1. The Morgan fingerprint density at radius 1 is 1.24 bits per heavy atom. The normalized spacial score (nSPS) is 11.1. The lowest BCUT2D eigenvalue weighted by atomic mass is 10.3. The van der Waals surface area contributed by atoms with Gasteiger partial charge in [-0.15, -0.1) is 5.10 Å². The molecular weight excluding hydrogens is 266 g/mol. The van der Waals surface area contributed by atoms with Crippen molar-refractivity contribution in [1.29, 1.82) is 0 Å². The Morgan fingerprint density at radius 3 is 2.90 bits per heavy atom. The Labute approximate surface area is 123 Å². The summed E-state index contributed by atoms with van der Waals surface area (Å²) in [6, 6.07) is 5.68. The molecule has 0 unspecified atom stereocenters. The molecule has 0 aliphatic heterocycles. The number of hydrogen-bond donors (Lipinski definition) is 0. The predicted molar refractivity (Wildman–Crippen MR) is 78.6 cm³/mol. The second-order valence-electron chi connectivity index (χ2n) is 4.92. The van der Waals surface area contributed by atoms with Crippen molar-refractivity contribution >= 4 is 0 Å². The maximum absolute atomic E-state index is 5.38. The Balaban J connectivity index is 1.70. The van der Waals surface area contributed by atoms with Gasteiger partial charge in [0.15, 0.2) is 5.76 Å². The van der Waals surface area contributed by atoms with Gasteiger partial charge in [0.2, 0.25) is 5.82 Å². The summed E-state index contributed by atoms with van der Waals surface area (Å²) >= 11 is 0. The number of aromatic nitrogens is 5. The van der Waals surface area contributed by atoms with Crippen molar-refractivity contribution in [3.05, 3.63) is 42.7 Å². The van der Waals surface area contributed by atoms with Crippen LogP contribution in [0.5, 0.6) is 0 Å². The first kappa shape index (κ1) is 13.6. The monoisotopic (exact) mass is 285 g/mol. The van der Waals surface area contributed by atoms with Crippen LogP contribution in [-0.2, 0) is 19.5 Å². The van der Waals surface area contributed by atoms with E-state index in [0.717, 1.165) is 43.9 Å². The molecule has 3 aromatic rings. The minimum atomic E-state index is 0.669. The highest BCUT2D eigenvalue weighted by Crippen LogP contribution is 2.17. The highest BCUT2D eigenvalue weighted by molar-refractivity contribution is 5.45. The summed E-state index contributed by atoms with van der Waals surface area (Å²) in [4.78, 5) is 4.62. The maximum atomic E-state index is 5.38. The van der Waals surface area contributed by atoms with E-state index in [4.69, 9.17) is 4.42 Å². The molecule has 0 atom stereocenters. The number of nitrogens with zero attached hydrogens (tertiary/aromatic N) is 5. The van der Waals surface area contributed by atoms with E-state index in [1.165, 1.54) is 0 Å². The molecule has 0 aromatic carbocycles. The van der Waals surface area contributed by atoms with Crippen LogP contribution in [0.2, 0.25) is 0 Å². The fraction of sp³-hybridized carbons (Fsp3) is 0.400. The van der Waals surface area contributed by atoms with E-state index in [0.29, 0.717) is 5.82 Å². The Bertz CT molecular complexity index is 654. The molecule has 3 heterocycles. The fourth-order valence-electron chi connectivity index (χ4n) is 2.29. The molecule has 6 nitrogen and oxygen atoms in total. The SMILES string of the molecule is CCCn1nc(-c2ccco2)nc1CCCn1cccn1. The molecule has 3 rings (SSSR count). The summed E-state index contributed by atoms with van der Waals surface area (Å²) in [6.07, 6.45) is 8.33. The Morgan fingerprint density at radius 2 is 2.19 bits per heavy atom. The molecule has 3 aromatic heterocycles. The van der Waals surface area contributed by atoms with Crippen LogP contribution in [-0.4, -0.2) is 24.5 Å². The molecule has 110 valence electrons. The molecular formula is C15H19N5O. The predicted octanol–water partition coefficient (Wildman–Crippen LogP) is 2.78. The average molecular weight is 285 g/mol. The number of rotatable bonds is 7. The largest absolute Gasteiger partial charge is 0.461 e. The third-order valence-electron chi connectivity index (χ3n) is 3.27. The lowest BCUT2D eigenvalue weighted by molar-refractivity contribution is 0.529.